The van der Waals surface area contributed by atoms with Gasteiger partial charge >= 0.3 is 0 Å². The molecule has 18 heavy (non-hydrogen) atoms. The molecule has 0 radical (unpaired) electrons. The van der Waals surface area contributed by atoms with Crippen molar-refractivity contribution in [2.45, 2.75) is 70.5 Å². The standard InChI is InChI=1S/C15H31NO2/c1-3-10-16-11-5-4-6-12-18-15-9-7-8-14(13-15)17-2/h14-16H,3-13H2,1-2H3. The van der Waals surface area contributed by atoms with E-state index in [4.69, 9.17) is 9.47 Å². The Morgan fingerprint density at radius 2 is 1.89 bits per heavy atom. The summed E-state index contributed by atoms with van der Waals surface area (Å²) in [4.78, 5) is 0. The molecule has 0 bridgehead atoms. The molecular formula is C15H31NO2. The van der Waals surface area contributed by atoms with Crippen molar-refractivity contribution in [3.05, 3.63) is 0 Å². The SMILES string of the molecule is CCCNCCCCCOC1CCCC(OC)C1. The van der Waals surface area contributed by atoms with E-state index in [1.54, 1.807) is 0 Å². The minimum Gasteiger partial charge on any atom is -0.381 e. The second-order valence-electron chi connectivity index (χ2n) is 5.33. The van der Waals surface area contributed by atoms with Gasteiger partial charge in [-0.25, -0.2) is 0 Å². The lowest BCUT2D eigenvalue weighted by Gasteiger charge is -2.28. The lowest BCUT2D eigenvalue weighted by atomic mass is 9.95. The van der Waals surface area contributed by atoms with Crippen LogP contribution in [-0.4, -0.2) is 39.0 Å². The Bertz CT molecular complexity index is 187. The summed E-state index contributed by atoms with van der Waals surface area (Å²) in [5.41, 5.74) is 0. The van der Waals surface area contributed by atoms with Crippen LogP contribution >= 0.6 is 0 Å². The van der Waals surface area contributed by atoms with Crippen molar-refractivity contribution in [1.82, 2.24) is 5.32 Å². The molecule has 1 rings (SSSR count). The number of rotatable bonds is 10. The van der Waals surface area contributed by atoms with E-state index in [0.717, 1.165) is 26.1 Å². The second-order valence-corrected chi connectivity index (χ2v) is 5.33. The fourth-order valence-electron chi connectivity index (χ4n) is 2.55. The van der Waals surface area contributed by atoms with Gasteiger partial charge in [-0.15, -0.1) is 0 Å². The molecule has 108 valence electrons. The van der Waals surface area contributed by atoms with Crippen LogP contribution in [0.2, 0.25) is 0 Å². The predicted octanol–water partition coefficient (Wildman–Crippen LogP) is 3.13. The number of nitrogens with one attached hydrogen (secondary N) is 1. The molecular weight excluding hydrogens is 226 g/mol. The van der Waals surface area contributed by atoms with Gasteiger partial charge in [0.1, 0.15) is 0 Å². The summed E-state index contributed by atoms with van der Waals surface area (Å²) in [6, 6.07) is 0. The maximum absolute atomic E-state index is 5.94. The normalized spacial score (nSPS) is 24.3. The van der Waals surface area contributed by atoms with Gasteiger partial charge in [-0.2, -0.15) is 0 Å². The molecule has 0 spiro atoms. The van der Waals surface area contributed by atoms with Crippen LogP contribution in [0.5, 0.6) is 0 Å². The third-order valence-corrected chi connectivity index (χ3v) is 3.69. The van der Waals surface area contributed by atoms with Gasteiger partial charge in [0.2, 0.25) is 0 Å². The molecule has 2 atom stereocenters. The highest BCUT2D eigenvalue weighted by Crippen LogP contribution is 2.23. The fraction of sp³-hybridized carbons (Fsp3) is 1.00. The Labute approximate surface area is 113 Å². The molecule has 1 aliphatic rings. The molecule has 1 saturated carbocycles. The molecule has 1 aliphatic carbocycles. The first-order chi connectivity index (χ1) is 8.86. The van der Waals surface area contributed by atoms with E-state index in [1.807, 2.05) is 7.11 Å². The summed E-state index contributed by atoms with van der Waals surface area (Å²) >= 11 is 0. The molecule has 0 aliphatic heterocycles. The molecule has 3 heteroatoms. The van der Waals surface area contributed by atoms with E-state index in [0.29, 0.717) is 12.2 Å². The van der Waals surface area contributed by atoms with Crippen LogP contribution in [0.25, 0.3) is 0 Å². The van der Waals surface area contributed by atoms with Crippen LogP contribution in [0.1, 0.15) is 58.3 Å². The van der Waals surface area contributed by atoms with Gasteiger partial charge in [-0.3, -0.25) is 0 Å². The Kier molecular flexibility index (Phi) is 9.54. The molecule has 0 saturated heterocycles. The van der Waals surface area contributed by atoms with E-state index in [1.165, 1.54) is 44.9 Å². The zero-order valence-electron chi connectivity index (χ0n) is 12.2. The van der Waals surface area contributed by atoms with E-state index >= 15 is 0 Å². The van der Waals surface area contributed by atoms with Gasteiger partial charge in [-0.1, -0.05) is 6.92 Å². The van der Waals surface area contributed by atoms with E-state index < -0.39 is 0 Å². The van der Waals surface area contributed by atoms with E-state index in [-0.39, 0.29) is 0 Å². The molecule has 0 aromatic heterocycles. The summed E-state index contributed by atoms with van der Waals surface area (Å²) in [5, 5.41) is 3.43. The number of unbranched alkanes of at least 4 members (excludes halogenated alkanes) is 2. The van der Waals surface area contributed by atoms with Crippen molar-refractivity contribution in [1.29, 1.82) is 0 Å². The molecule has 2 unspecified atom stereocenters. The smallest absolute Gasteiger partial charge is 0.0599 e. The zero-order valence-corrected chi connectivity index (χ0v) is 12.2. The van der Waals surface area contributed by atoms with E-state index in [2.05, 4.69) is 12.2 Å². The zero-order chi connectivity index (χ0) is 13.1. The average molecular weight is 257 g/mol. The summed E-state index contributed by atoms with van der Waals surface area (Å²) < 4.78 is 11.4. The lowest BCUT2D eigenvalue weighted by Crippen LogP contribution is -2.27. The largest absolute Gasteiger partial charge is 0.381 e. The van der Waals surface area contributed by atoms with Crippen LogP contribution in [0.15, 0.2) is 0 Å². The Hall–Kier alpha value is -0.120. The monoisotopic (exact) mass is 257 g/mol. The van der Waals surface area contributed by atoms with Gasteiger partial charge in [0.25, 0.3) is 0 Å². The van der Waals surface area contributed by atoms with Crippen molar-refractivity contribution in [2.75, 3.05) is 26.8 Å². The number of methoxy groups -OCH3 is 1. The Morgan fingerprint density at radius 3 is 2.67 bits per heavy atom. The quantitative estimate of drug-likeness (QED) is 0.610. The molecule has 0 heterocycles. The summed E-state index contributed by atoms with van der Waals surface area (Å²) in [6.45, 7) is 5.44. The van der Waals surface area contributed by atoms with Gasteiger partial charge in [0.05, 0.1) is 12.2 Å². The number of hydrogen-bond acceptors (Lipinski definition) is 3. The minimum absolute atomic E-state index is 0.432. The first-order valence-electron chi connectivity index (χ1n) is 7.72. The molecule has 0 aromatic rings. The minimum atomic E-state index is 0.432. The number of hydrogen-bond donors (Lipinski definition) is 1. The van der Waals surface area contributed by atoms with Crippen molar-refractivity contribution < 1.29 is 9.47 Å². The summed E-state index contributed by atoms with van der Waals surface area (Å²) in [5.74, 6) is 0. The Morgan fingerprint density at radius 1 is 1.06 bits per heavy atom. The molecule has 0 aromatic carbocycles. The van der Waals surface area contributed by atoms with Gasteiger partial charge in [0.15, 0.2) is 0 Å². The van der Waals surface area contributed by atoms with Crippen LogP contribution in [-0.2, 0) is 9.47 Å². The van der Waals surface area contributed by atoms with Crippen LogP contribution in [0.3, 0.4) is 0 Å². The topological polar surface area (TPSA) is 30.5 Å². The maximum atomic E-state index is 5.94. The van der Waals surface area contributed by atoms with Crippen molar-refractivity contribution in [2.24, 2.45) is 0 Å². The lowest BCUT2D eigenvalue weighted by molar-refractivity contribution is -0.0302. The van der Waals surface area contributed by atoms with Crippen LogP contribution < -0.4 is 5.32 Å². The number of ether oxygens (including phenoxy) is 2. The fourth-order valence-corrected chi connectivity index (χ4v) is 2.55. The molecule has 0 amide bonds. The third-order valence-electron chi connectivity index (χ3n) is 3.69. The van der Waals surface area contributed by atoms with Gasteiger partial charge in [-0.05, 0) is 64.5 Å². The molecule has 1 N–H and O–H groups in total. The second kappa shape index (κ2) is 10.8. The highest BCUT2D eigenvalue weighted by molar-refractivity contribution is 4.73. The van der Waals surface area contributed by atoms with Crippen LogP contribution in [0, 0.1) is 0 Å². The van der Waals surface area contributed by atoms with Gasteiger partial charge in [0, 0.05) is 13.7 Å². The van der Waals surface area contributed by atoms with Crippen molar-refractivity contribution >= 4 is 0 Å². The summed E-state index contributed by atoms with van der Waals surface area (Å²) in [6.07, 6.45) is 10.6. The van der Waals surface area contributed by atoms with Crippen molar-refractivity contribution in [3.63, 3.8) is 0 Å². The molecule has 1 fully saturated rings. The van der Waals surface area contributed by atoms with E-state index in [9.17, 15) is 0 Å². The first kappa shape index (κ1) is 15.9. The van der Waals surface area contributed by atoms with Gasteiger partial charge < -0.3 is 14.8 Å². The third kappa shape index (κ3) is 7.34. The predicted molar refractivity (Wildman–Crippen MR) is 76.0 cm³/mol. The Balaban J connectivity index is 1.88. The average Bonchev–Trinajstić information content (AvgIpc) is 2.42. The van der Waals surface area contributed by atoms with Crippen molar-refractivity contribution in [3.8, 4) is 0 Å². The maximum Gasteiger partial charge on any atom is 0.0599 e. The molecule has 3 nitrogen and oxygen atoms in total. The first-order valence-corrected chi connectivity index (χ1v) is 7.72. The highest BCUT2D eigenvalue weighted by Gasteiger charge is 2.21. The van der Waals surface area contributed by atoms with Crippen LogP contribution in [0.4, 0.5) is 0 Å². The summed E-state index contributed by atoms with van der Waals surface area (Å²) in [7, 11) is 1.82. The highest BCUT2D eigenvalue weighted by atomic mass is 16.5.